The normalized spacial score (nSPS) is 27.2. The molecule has 2 aromatic rings. The second-order valence-corrected chi connectivity index (χ2v) is 9.13. The lowest BCUT2D eigenvalue weighted by molar-refractivity contribution is -0.156. The minimum Gasteiger partial charge on any atom is -0.465 e. The van der Waals surface area contributed by atoms with Crippen LogP contribution in [0.5, 0.6) is 0 Å². The van der Waals surface area contributed by atoms with Crippen LogP contribution >= 0.6 is 0 Å². The fourth-order valence-corrected chi connectivity index (χ4v) is 5.77. The zero-order valence-corrected chi connectivity index (χ0v) is 17.6. The van der Waals surface area contributed by atoms with Gasteiger partial charge in [0.05, 0.1) is 18.1 Å². The molecule has 6 nitrogen and oxygen atoms in total. The highest BCUT2D eigenvalue weighted by molar-refractivity contribution is 5.78. The summed E-state index contributed by atoms with van der Waals surface area (Å²) in [7, 11) is 0. The second-order valence-electron chi connectivity index (χ2n) is 9.13. The molecule has 1 atom stereocenters. The average Bonchev–Trinajstić information content (AvgIpc) is 2.73. The molecule has 1 heterocycles. The number of halogens is 1. The fraction of sp³-hybridized carbons (Fsp3) is 0.360. The summed E-state index contributed by atoms with van der Waals surface area (Å²) in [5.74, 6) is 2.10. The van der Waals surface area contributed by atoms with Crippen molar-refractivity contribution in [3.8, 4) is 12.3 Å². The molecule has 1 unspecified atom stereocenters. The summed E-state index contributed by atoms with van der Waals surface area (Å²) in [5.41, 5.74) is 2.23. The summed E-state index contributed by atoms with van der Waals surface area (Å²) in [6, 6.07) is 13.8. The smallest absolute Gasteiger partial charge is 0.408 e. The molecule has 6 rings (SSSR count). The van der Waals surface area contributed by atoms with Crippen molar-refractivity contribution >= 4 is 12.1 Å². The van der Waals surface area contributed by atoms with Gasteiger partial charge >= 0.3 is 12.1 Å². The molecule has 164 valence electrons. The highest BCUT2D eigenvalue weighted by Gasteiger charge is 2.72. The van der Waals surface area contributed by atoms with E-state index in [0.29, 0.717) is 25.8 Å². The van der Waals surface area contributed by atoms with Gasteiger partial charge in [0.15, 0.2) is 0 Å². The third-order valence-corrected chi connectivity index (χ3v) is 7.16. The van der Waals surface area contributed by atoms with E-state index in [-0.39, 0.29) is 30.0 Å². The van der Waals surface area contributed by atoms with Crippen LogP contribution in [0.25, 0.3) is 0 Å². The molecule has 0 saturated heterocycles. The van der Waals surface area contributed by atoms with E-state index in [1.54, 1.807) is 17.0 Å². The number of fused-ring (bicyclic) bond motifs is 1. The molecule has 3 saturated carbocycles. The van der Waals surface area contributed by atoms with Crippen molar-refractivity contribution in [3.63, 3.8) is 0 Å². The molecule has 3 aliphatic carbocycles. The number of terminal acetylenes is 1. The number of hydrogen-bond donors (Lipinski definition) is 2. The zero-order valence-electron chi connectivity index (χ0n) is 17.6. The van der Waals surface area contributed by atoms with Crippen molar-refractivity contribution in [3.05, 3.63) is 71.0 Å². The van der Waals surface area contributed by atoms with Crippen molar-refractivity contribution in [1.29, 1.82) is 0 Å². The van der Waals surface area contributed by atoms with Crippen LogP contribution in [0, 0.1) is 18.2 Å². The highest BCUT2D eigenvalue weighted by Crippen LogP contribution is 2.63. The number of benzene rings is 2. The van der Waals surface area contributed by atoms with E-state index in [9.17, 15) is 19.1 Å². The third-order valence-electron chi connectivity index (χ3n) is 7.16. The Bertz CT molecular complexity index is 1100. The Morgan fingerprint density at radius 3 is 2.53 bits per heavy atom. The lowest BCUT2D eigenvalue weighted by atomic mass is 9.43. The molecule has 2 bridgehead atoms. The van der Waals surface area contributed by atoms with Gasteiger partial charge in [-0.25, -0.2) is 14.0 Å². The summed E-state index contributed by atoms with van der Waals surface area (Å²) in [6.45, 7) is 0.597. The van der Waals surface area contributed by atoms with E-state index in [1.165, 1.54) is 22.6 Å². The van der Waals surface area contributed by atoms with Gasteiger partial charge in [0.25, 0.3) is 0 Å². The van der Waals surface area contributed by atoms with Crippen LogP contribution in [-0.2, 0) is 6.42 Å². The maximum Gasteiger partial charge on any atom is 0.408 e. The van der Waals surface area contributed by atoms with Gasteiger partial charge in [-0.1, -0.05) is 42.3 Å². The number of urea groups is 1. The number of carboxylic acid groups (broad SMARTS) is 1. The van der Waals surface area contributed by atoms with E-state index in [1.807, 2.05) is 18.2 Å². The average molecular weight is 433 g/mol. The summed E-state index contributed by atoms with van der Waals surface area (Å²) in [6.07, 6.45) is 6.78. The van der Waals surface area contributed by atoms with Crippen LogP contribution in [0.2, 0.25) is 0 Å². The van der Waals surface area contributed by atoms with Crippen molar-refractivity contribution in [2.45, 2.75) is 42.8 Å². The van der Waals surface area contributed by atoms with E-state index in [4.69, 9.17) is 6.42 Å². The maximum absolute atomic E-state index is 13.5. The molecular formula is C25H24FN3O3. The van der Waals surface area contributed by atoms with E-state index >= 15 is 0 Å². The zero-order chi connectivity index (χ0) is 22.5. The van der Waals surface area contributed by atoms with E-state index < -0.39 is 11.6 Å². The van der Waals surface area contributed by atoms with Gasteiger partial charge in [0.2, 0.25) is 0 Å². The minimum atomic E-state index is -1.02. The molecule has 0 aromatic heterocycles. The first-order valence-electron chi connectivity index (χ1n) is 10.7. The van der Waals surface area contributed by atoms with Crippen LogP contribution in [-0.4, -0.2) is 51.2 Å². The van der Waals surface area contributed by atoms with E-state index in [0.717, 1.165) is 17.5 Å². The topological polar surface area (TPSA) is 72.9 Å². The van der Waals surface area contributed by atoms with Crippen LogP contribution in [0.3, 0.4) is 0 Å². The summed E-state index contributed by atoms with van der Waals surface area (Å²) in [5, 5.41) is 12.7. The number of carbonyl (C=O) groups excluding carboxylic acids is 1. The van der Waals surface area contributed by atoms with Gasteiger partial charge in [-0.15, -0.1) is 6.42 Å². The largest absolute Gasteiger partial charge is 0.465 e. The maximum atomic E-state index is 13.5. The Labute approximate surface area is 186 Å². The van der Waals surface area contributed by atoms with Crippen molar-refractivity contribution < 1.29 is 19.1 Å². The van der Waals surface area contributed by atoms with Gasteiger partial charge in [0.1, 0.15) is 5.82 Å². The quantitative estimate of drug-likeness (QED) is 0.721. The number of rotatable bonds is 4. The molecule has 4 aliphatic rings. The predicted octanol–water partition coefficient (Wildman–Crippen LogP) is 3.77. The van der Waals surface area contributed by atoms with Gasteiger partial charge in [0, 0.05) is 12.1 Å². The number of amides is 3. The molecule has 7 heteroatoms. The first kappa shape index (κ1) is 20.4. The predicted molar refractivity (Wildman–Crippen MR) is 117 cm³/mol. The van der Waals surface area contributed by atoms with Gasteiger partial charge in [-0.3, -0.25) is 4.90 Å². The number of nitrogens with zero attached hydrogens (tertiary/aromatic N) is 2. The summed E-state index contributed by atoms with van der Waals surface area (Å²) < 4.78 is 13.5. The van der Waals surface area contributed by atoms with Crippen LogP contribution in [0.4, 0.5) is 14.0 Å². The van der Waals surface area contributed by atoms with Crippen LogP contribution in [0.1, 0.15) is 42.0 Å². The van der Waals surface area contributed by atoms with Crippen LogP contribution in [0.15, 0.2) is 48.5 Å². The lowest BCUT2D eigenvalue weighted by Crippen LogP contribution is -2.84. The number of hydrogen-bond acceptors (Lipinski definition) is 2. The van der Waals surface area contributed by atoms with Crippen molar-refractivity contribution in [2.24, 2.45) is 0 Å². The molecule has 0 spiro atoms. The minimum absolute atomic E-state index is 0.0505. The number of nitrogens with one attached hydrogen (secondary N) is 1. The highest BCUT2D eigenvalue weighted by atomic mass is 19.1. The van der Waals surface area contributed by atoms with Crippen LogP contribution < -0.4 is 5.32 Å². The Hall–Kier alpha value is -3.53. The van der Waals surface area contributed by atoms with E-state index in [2.05, 4.69) is 17.3 Å². The Morgan fingerprint density at radius 2 is 1.88 bits per heavy atom. The summed E-state index contributed by atoms with van der Waals surface area (Å²) >= 11 is 0. The SMILES string of the molecule is C#CCN(C(=O)O)C12CC(NC(=O)N3CCc4ccccc4C3c3ccc(F)cc3)(C1)C2. The molecular weight excluding hydrogens is 409 g/mol. The first-order valence-corrected chi connectivity index (χ1v) is 10.7. The summed E-state index contributed by atoms with van der Waals surface area (Å²) in [4.78, 5) is 28.1. The Morgan fingerprint density at radius 1 is 1.19 bits per heavy atom. The van der Waals surface area contributed by atoms with Gasteiger partial charge in [-0.05, 0) is 54.5 Å². The van der Waals surface area contributed by atoms with Gasteiger partial charge in [-0.2, -0.15) is 0 Å². The molecule has 3 fully saturated rings. The first-order chi connectivity index (χ1) is 15.4. The second kappa shape index (κ2) is 7.27. The molecule has 0 radical (unpaired) electrons. The Kier molecular flexibility index (Phi) is 4.63. The third kappa shape index (κ3) is 3.10. The molecule has 1 aliphatic heterocycles. The Balaban J connectivity index is 1.36. The molecule has 2 aromatic carbocycles. The fourth-order valence-electron chi connectivity index (χ4n) is 5.77. The van der Waals surface area contributed by atoms with Crippen molar-refractivity contribution in [2.75, 3.05) is 13.1 Å². The monoisotopic (exact) mass is 433 g/mol. The standard InChI is InChI=1S/C25H24FN3O3/c1-2-12-29(23(31)32)25-14-24(15-25,16-25)27-22(30)28-13-11-17-5-3-4-6-20(17)21(28)18-7-9-19(26)10-8-18/h1,3-10,21H,11-16H2,(H,27,30)(H,31,32). The molecule has 2 N–H and O–H groups in total. The molecule has 3 amide bonds. The van der Waals surface area contributed by atoms with Gasteiger partial charge < -0.3 is 15.3 Å². The van der Waals surface area contributed by atoms with Crippen molar-refractivity contribution in [1.82, 2.24) is 15.1 Å². The number of carbonyl (C=O) groups is 2. The molecule has 32 heavy (non-hydrogen) atoms. The lowest BCUT2D eigenvalue weighted by Gasteiger charge is -2.72.